The molecule has 0 saturated carbocycles. The van der Waals surface area contributed by atoms with Crippen LogP contribution in [0.2, 0.25) is 0 Å². The van der Waals surface area contributed by atoms with Gasteiger partial charge in [-0.25, -0.2) is 13.2 Å². The Morgan fingerprint density at radius 1 is 1.04 bits per heavy atom. The number of fused-ring (bicyclic) bond motifs is 1. The molecule has 0 aliphatic heterocycles. The van der Waals surface area contributed by atoms with Gasteiger partial charge in [-0.15, -0.1) is 0 Å². The molecule has 0 aliphatic carbocycles. The Labute approximate surface area is 136 Å². The molecule has 0 amide bonds. The number of methoxy groups -OCH3 is 1. The SMILES string of the molecule is COc1ccc(S(=O)(=O)c2cccc(C)c2)c2[nH]c(=O)[nH]c(=O)c12. The minimum atomic E-state index is -3.93. The number of rotatable bonds is 3. The van der Waals surface area contributed by atoms with Gasteiger partial charge in [0.2, 0.25) is 9.84 Å². The highest BCUT2D eigenvalue weighted by atomic mass is 32.2. The Kier molecular flexibility index (Phi) is 3.76. The lowest BCUT2D eigenvalue weighted by atomic mass is 10.2. The molecule has 0 unspecified atom stereocenters. The molecule has 2 aromatic carbocycles. The molecule has 0 atom stereocenters. The Morgan fingerprint density at radius 2 is 1.79 bits per heavy atom. The Balaban J connectivity index is 2.43. The van der Waals surface area contributed by atoms with Gasteiger partial charge in [0.05, 0.1) is 22.4 Å². The van der Waals surface area contributed by atoms with E-state index in [-0.39, 0.29) is 26.4 Å². The van der Waals surface area contributed by atoms with Crippen molar-refractivity contribution >= 4 is 20.7 Å². The van der Waals surface area contributed by atoms with Crippen molar-refractivity contribution in [3.63, 3.8) is 0 Å². The second-order valence-electron chi connectivity index (χ2n) is 5.24. The van der Waals surface area contributed by atoms with Crippen molar-refractivity contribution in [2.75, 3.05) is 7.11 Å². The highest BCUT2D eigenvalue weighted by Crippen LogP contribution is 2.30. The number of hydrogen-bond acceptors (Lipinski definition) is 5. The highest BCUT2D eigenvalue weighted by Gasteiger charge is 2.23. The maximum atomic E-state index is 12.9. The maximum absolute atomic E-state index is 12.9. The van der Waals surface area contributed by atoms with E-state index in [0.29, 0.717) is 0 Å². The second kappa shape index (κ2) is 5.64. The number of aryl methyl sites for hydroxylation is 1. The van der Waals surface area contributed by atoms with Crippen molar-refractivity contribution < 1.29 is 13.2 Å². The molecule has 0 bridgehead atoms. The van der Waals surface area contributed by atoms with E-state index in [2.05, 4.69) is 9.97 Å². The summed E-state index contributed by atoms with van der Waals surface area (Å²) in [5.74, 6) is 0.172. The van der Waals surface area contributed by atoms with Gasteiger partial charge in [-0.1, -0.05) is 12.1 Å². The fraction of sp³-hybridized carbons (Fsp3) is 0.125. The third kappa shape index (κ3) is 2.50. The quantitative estimate of drug-likeness (QED) is 0.744. The molecule has 1 aromatic heterocycles. The molecule has 0 saturated heterocycles. The molecule has 0 radical (unpaired) electrons. The zero-order chi connectivity index (χ0) is 17.5. The summed E-state index contributed by atoms with van der Waals surface area (Å²) in [7, 11) is -2.57. The van der Waals surface area contributed by atoms with Gasteiger partial charge in [0.25, 0.3) is 5.56 Å². The van der Waals surface area contributed by atoms with E-state index < -0.39 is 21.1 Å². The van der Waals surface area contributed by atoms with E-state index in [1.54, 1.807) is 19.1 Å². The molecule has 2 N–H and O–H groups in total. The van der Waals surface area contributed by atoms with Crippen molar-refractivity contribution in [2.24, 2.45) is 0 Å². The van der Waals surface area contributed by atoms with E-state index in [9.17, 15) is 18.0 Å². The smallest absolute Gasteiger partial charge is 0.326 e. The predicted octanol–water partition coefficient (Wildman–Crippen LogP) is 1.37. The van der Waals surface area contributed by atoms with Crippen LogP contribution < -0.4 is 16.0 Å². The average Bonchev–Trinajstić information content (AvgIpc) is 2.53. The van der Waals surface area contributed by atoms with E-state index in [4.69, 9.17) is 4.74 Å². The molecule has 3 aromatic rings. The number of aromatic nitrogens is 2. The minimum Gasteiger partial charge on any atom is -0.496 e. The van der Waals surface area contributed by atoms with Crippen LogP contribution in [0.15, 0.2) is 55.8 Å². The molecular formula is C16H14N2O5S. The van der Waals surface area contributed by atoms with Crippen molar-refractivity contribution in [2.45, 2.75) is 16.7 Å². The largest absolute Gasteiger partial charge is 0.496 e. The van der Waals surface area contributed by atoms with Crippen LogP contribution in [0.25, 0.3) is 10.9 Å². The number of hydrogen-bond donors (Lipinski definition) is 2. The number of sulfone groups is 1. The van der Waals surface area contributed by atoms with Crippen molar-refractivity contribution in [1.29, 1.82) is 0 Å². The van der Waals surface area contributed by atoms with Crippen LogP contribution in [0.5, 0.6) is 5.75 Å². The lowest BCUT2D eigenvalue weighted by Gasteiger charge is -2.10. The van der Waals surface area contributed by atoms with E-state index in [0.717, 1.165) is 5.56 Å². The average molecular weight is 346 g/mol. The van der Waals surface area contributed by atoms with Crippen LogP contribution in [-0.2, 0) is 9.84 Å². The van der Waals surface area contributed by atoms with Gasteiger partial charge >= 0.3 is 5.69 Å². The monoisotopic (exact) mass is 346 g/mol. The summed E-state index contributed by atoms with van der Waals surface area (Å²) < 4.78 is 31.0. The summed E-state index contributed by atoms with van der Waals surface area (Å²) in [6.07, 6.45) is 0. The molecule has 3 rings (SSSR count). The van der Waals surface area contributed by atoms with Gasteiger partial charge in [0, 0.05) is 0 Å². The summed E-state index contributed by atoms with van der Waals surface area (Å²) in [6.45, 7) is 1.78. The molecule has 7 nitrogen and oxygen atoms in total. The maximum Gasteiger partial charge on any atom is 0.326 e. The lowest BCUT2D eigenvalue weighted by Crippen LogP contribution is -2.23. The molecule has 0 spiro atoms. The summed E-state index contributed by atoms with van der Waals surface area (Å²) >= 11 is 0. The molecule has 124 valence electrons. The van der Waals surface area contributed by atoms with Crippen LogP contribution in [0, 0.1) is 6.92 Å². The van der Waals surface area contributed by atoms with Gasteiger partial charge in [0.1, 0.15) is 11.1 Å². The second-order valence-corrected chi connectivity index (χ2v) is 7.16. The molecule has 8 heteroatoms. The van der Waals surface area contributed by atoms with Crippen LogP contribution in [0.3, 0.4) is 0 Å². The van der Waals surface area contributed by atoms with Gasteiger partial charge in [-0.05, 0) is 36.8 Å². The first-order valence-corrected chi connectivity index (χ1v) is 8.48. The molecular weight excluding hydrogens is 332 g/mol. The summed E-state index contributed by atoms with van der Waals surface area (Å²) in [5, 5.41) is -0.0224. The normalized spacial score (nSPS) is 11.6. The van der Waals surface area contributed by atoms with E-state index >= 15 is 0 Å². The van der Waals surface area contributed by atoms with Crippen LogP contribution >= 0.6 is 0 Å². The van der Waals surface area contributed by atoms with Crippen LogP contribution in [-0.4, -0.2) is 25.5 Å². The van der Waals surface area contributed by atoms with Crippen LogP contribution in [0.1, 0.15) is 5.56 Å². The summed E-state index contributed by atoms with van der Waals surface area (Å²) in [4.78, 5) is 28.1. The zero-order valence-electron chi connectivity index (χ0n) is 12.9. The van der Waals surface area contributed by atoms with Crippen molar-refractivity contribution in [1.82, 2.24) is 9.97 Å². The third-order valence-electron chi connectivity index (χ3n) is 3.63. The van der Waals surface area contributed by atoms with Crippen molar-refractivity contribution in [3.05, 3.63) is 62.8 Å². The highest BCUT2D eigenvalue weighted by molar-refractivity contribution is 7.91. The first kappa shape index (κ1) is 16.0. The fourth-order valence-electron chi connectivity index (χ4n) is 2.53. The first-order chi connectivity index (χ1) is 11.3. The van der Waals surface area contributed by atoms with Gasteiger partial charge in [-0.3, -0.25) is 9.78 Å². The van der Waals surface area contributed by atoms with Crippen LogP contribution in [0.4, 0.5) is 0 Å². The zero-order valence-corrected chi connectivity index (χ0v) is 13.7. The number of aromatic amines is 2. The number of benzene rings is 2. The molecule has 1 heterocycles. The van der Waals surface area contributed by atoms with E-state index in [1.165, 1.54) is 31.4 Å². The number of ether oxygens (including phenoxy) is 1. The first-order valence-electron chi connectivity index (χ1n) is 6.99. The van der Waals surface area contributed by atoms with Gasteiger partial charge < -0.3 is 9.72 Å². The van der Waals surface area contributed by atoms with E-state index in [1.807, 2.05) is 0 Å². The topological polar surface area (TPSA) is 109 Å². The number of nitrogens with one attached hydrogen (secondary N) is 2. The Morgan fingerprint density at radius 3 is 2.46 bits per heavy atom. The van der Waals surface area contributed by atoms with Gasteiger partial charge in [0.15, 0.2) is 0 Å². The van der Waals surface area contributed by atoms with Gasteiger partial charge in [-0.2, -0.15) is 0 Å². The Bertz CT molecular complexity index is 1160. The third-order valence-corrected chi connectivity index (χ3v) is 5.42. The lowest BCUT2D eigenvalue weighted by molar-refractivity contribution is 0.419. The Hall–Kier alpha value is -2.87. The standard InChI is InChI=1S/C16H14N2O5S/c1-9-4-3-5-10(8-9)24(21,22)12-7-6-11(23-2)13-14(12)17-16(20)18-15(13)19/h3-8H,1-2H3,(H2,17,18,19,20). The minimum absolute atomic E-state index is 0.0224. The fourth-order valence-corrected chi connectivity index (χ4v) is 4.05. The molecule has 0 fully saturated rings. The number of H-pyrrole nitrogens is 2. The summed E-state index contributed by atoms with van der Waals surface area (Å²) in [5.41, 5.74) is -0.807. The predicted molar refractivity (Wildman–Crippen MR) is 88.4 cm³/mol. The van der Waals surface area contributed by atoms with Crippen molar-refractivity contribution in [3.8, 4) is 5.75 Å². The molecule has 24 heavy (non-hydrogen) atoms. The summed E-state index contributed by atoms with van der Waals surface area (Å²) in [6, 6.07) is 9.09. The molecule has 0 aliphatic rings.